The minimum absolute atomic E-state index is 0.0436. The van der Waals surface area contributed by atoms with E-state index in [9.17, 15) is 24.8 Å². The van der Waals surface area contributed by atoms with Crippen molar-refractivity contribution in [3.05, 3.63) is 85.8 Å². The average Bonchev–Trinajstić information content (AvgIpc) is 2.95. The lowest BCUT2D eigenvalue weighted by Gasteiger charge is -2.15. The molecular weight excluding hydrogens is 436 g/mol. The lowest BCUT2D eigenvalue weighted by molar-refractivity contribution is -0.384. The number of nitro groups is 1. The van der Waals surface area contributed by atoms with Crippen LogP contribution in [0.1, 0.15) is 15.9 Å². The zero-order chi connectivity index (χ0) is 21.1. The maximum Gasteiger partial charge on any atom is 0.270 e. The van der Waals surface area contributed by atoms with Crippen LogP contribution >= 0.6 is 35.6 Å². The SMILES string of the molecule is O=C([O-])c1cccc(N2C(=O)/C(=C/C(Cl)=C/c3ccc([N+](=O)[O-])cc3)SC2=S)c1. The number of nitro benzene ring substituents is 1. The fourth-order valence-corrected chi connectivity index (χ4v) is 4.07. The summed E-state index contributed by atoms with van der Waals surface area (Å²) >= 11 is 12.5. The van der Waals surface area contributed by atoms with Gasteiger partial charge in [-0.2, -0.15) is 0 Å². The van der Waals surface area contributed by atoms with E-state index in [2.05, 4.69) is 0 Å². The summed E-state index contributed by atoms with van der Waals surface area (Å²) in [6.45, 7) is 0. The number of thioether (sulfide) groups is 1. The summed E-state index contributed by atoms with van der Waals surface area (Å²) in [4.78, 5) is 35.4. The lowest BCUT2D eigenvalue weighted by atomic mass is 10.2. The first-order valence-electron chi connectivity index (χ1n) is 7.97. The smallest absolute Gasteiger partial charge is 0.270 e. The summed E-state index contributed by atoms with van der Waals surface area (Å²) in [6, 6.07) is 11.5. The van der Waals surface area contributed by atoms with E-state index in [1.807, 2.05) is 0 Å². The Morgan fingerprint density at radius 2 is 1.90 bits per heavy atom. The number of benzene rings is 2. The third kappa shape index (κ3) is 4.70. The van der Waals surface area contributed by atoms with Gasteiger partial charge in [0.05, 0.1) is 21.5 Å². The number of halogens is 1. The number of nitrogens with zero attached hydrogens (tertiary/aromatic N) is 2. The number of aromatic carboxylic acids is 1. The number of rotatable bonds is 5. The van der Waals surface area contributed by atoms with Crippen molar-refractivity contribution < 1.29 is 19.6 Å². The molecule has 1 heterocycles. The number of carboxylic acid groups (broad SMARTS) is 1. The number of hydrogen-bond donors (Lipinski definition) is 0. The van der Waals surface area contributed by atoms with Crippen LogP contribution in [0.2, 0.25) is 0 Å². The van der Waals surface area contributed by atoms with Crippen LogP contribution in [-0.4, -0.2) is 21.1 Å². The average molecular weight is 446 g/mol. The molecule has 1 amide bonds. The lowest BCUT2D eigenvalue weighted by Crippen LogP contribution is -2.28. The van der Waals surface area contributed by atoms with E-state index in [1.165, 1.54) is 53.4 Å². The van der Waals surface area contributed by atoms with Gasteiger partial charge in [0, 0.05) is 17.2 Å². The molecule has 2 aromatic rings. The van der Waals surface area contributed by atoms with Crippen LogP contribution in [0.25, 0.3) is 6.08 Å². The van der Waals surface area contributed by atoms with Crippen LogP contribution < -0.4 is 10.0 Å². The van der Waals surface area contributed by atoms with Crippen LogP contribution in [0.5, 0.6) is 0 Å². The molecule has 1 fully saturated rings. The van der Waals surface area contributed by atoms with Gasteiger partial charge >= 0.3 is 0 Å². The van der Waals surface area contributed by atoms with Gasteiger partial charge in [0.15, 0.2) is 4.32 Å². The summed E-state index contributed by atoms with van der Waals surface area (Å²) in [6.07, 6.45) is 2.99. The Balaban J connectivity index is 1.84. The largest absolute Gasteiger partial charge is 0.545 e. The second-order valence-corrected chi connectivity index (χ2v) is 7.84. The van der Waals surface area contributed by atoms with Gasteiger partial charge in [-0.1, -0.05) is 47.7 Å². The topological polar surface area (TPSA) is 104 Å². The number of carbonyl (C=O) groups is 2. The van der Waals surface area contributed by atoms with Gasteiger partial charge in [-0.15, -0.1) is 0 Å². The highest BCUT2D eigenvalue weighted by molar-refractivity contribution is 8.27. The molecule has 1 aliphatic heterocycles. The molecule has 0 spiro atoms. The first-order valence-corrected chi connectivity index (χ1v) is 9.57. The molecule has 7 nitrogen and oxygen atoms in total. The molecule has 0 atom stereocenters. The van der Waals surface area contributed by atoms with Gasteiger partial charge < -0.3 is 9.90 Å². The maximum atomic E-state index is 12.7. The van der Waals surface area contributed by atoms with Crippen LogP contribution in [0.15, 0.2) is 64.5 Å². The number of carbonyl (C=O) groups excluding carboxylic acids is 2. The predicted octanol–water partition coefficient (Wildman–Crippen LogP) is 3.49. The minimum atomic E-state index is -1.36. The molecule has 146 valence electrons. The molecule has 3 rings (SSSR count). The van der Waals surface area contributed by atoms with Gasteiger partial charge in [-0.05, 0) is 47.5 Å². The fourth-order valence-electron chi connectivity index (χ4n) is 2.48. The zero-order valence-corrected chi connectivity index (χ0v) is 16.8. The van der Waals surface area contributed by atoms with Crippen LogP contribution in [0.4, 0.5) is 11.4 Å². The third-order valence-corrected chi connectivity index (χ3v) is 5.33. The maximum absolute atomic E-state index is 12.7. The van der Waals surface area contributed by atoms with Crippen molar-refractivity contribution in [3.8, 4) is 0 Å². The number of thiocarbonyl (C=S) groups is 1. The highest BCUT2D eigenvalue weighted by Crippen LogP contribution is 2.36. The molecule has 29 heavy (non-hydrogen) atoms. The Labute approximate surface area is 179 Å². The van der Waals surface area contributed by atoms with Gasteiger partial charge in [-0.25, -0.2) is 0 Å². The summed E-state index contributed by atoms with van der Waals surface area (Å²) in [7, 11) is 0. The second-order valence-electron chi connectivity index (χ2n) is 5.73. The summed E-state index contributed by atoms with van der Waals surface area (Å²) in [5, 5.41) is 22.0. The molecule has 0 aliphatic carbocycles. The normalized spacial score (nSPS) is 15.8. The van der Waals surface area contributed by atoms with E-state index in [0.29, 0.717) is 11.3 Å². The van der Waals surface area contributed by atoms with Crippen LogP contribution in [0.3, 0.4) is 0 Å². The van der Waals surface area contributed by atoms with Crippen molar-refractivity contribution in [2.75, 3.05) is 4.90 Å². The standard InChI is InChI=1S/C19H11ClN2O5S2/c20-13(8-11-4-6-14(7-5-11)22(26)27)10-16-17(23)21(19(28)29-16)15-3-1-2-12(9-15)18(24)25/h1-10H,(H,24,25)/p-1/b13-8-,16-10-. The summed E-state index contributed by atoms with van der Waals surface area (Å²) in [5.74, 6) is -1.80. The van der Waals surface area contributed by atoms with E-state index in [0.717, 1.165) is 11.8 Å². The summed E-state index contributed by atoms with van der Waals surface area (Å²) < 4.78 is 0.233. The molecule has 10 heteroatoms. The highest BCUT2D eigenvalue weighted by Gasteiger charge is 2.33. The monoisotopic (exact) mass is 445 g/mol. The molecule has 0 saturated carbocycles. The van der Waals surface area contributed by atoms with Crippen molar-refractivity contribution in [1.82, 2.24) is 0 Å². The molecule has 1 saturated heterocycles. The number of non-ortho nitro benzene ring substituents is 1. The Bertz CT molecular complexity index is 1100. The molecule has 0 bridgehead atoms. The van der Waals surface area contributed by atoms with E-state index in [-0.39, 0.29) is 25.5 Å². The first-order chi connectivity index (χ1) is 13.8. The Hall–Kier alpha value is -3.01. The molecular formula is C19H10ClN2O5S2-. The summed E-state index contributed by atoms with van der Waals surface area (Å²) in [5.41, 5.74) is 0.816. The van der Waals surface area contributed by atoms with Gasteiger partial charge in [0.25, 0.3) is 11.6 Å². The highest BCUT2D eigenvalue weighted by atomic mass is 35.5. The number of amides is 1. The molecule has 1 aliphatic rings. The van der Waals surface area contributed by atoms with E-state index >= 15 is 0 Å². The predicted molar refractivity (Wildman–Crippen MR) is 113 cm³/mol. The van der Waals surface area contributed by atoms with Crippen molar-refractivity contribution in [2.24, 2.45) is 0 Å². The van der Waals surface area contributed by atoms with E-state index in [4.69, 9.17) is 23.8 Å². The zero-order valence-electron chi connectivity index (χ0n) is 14.4. The van der Waals surface area contributed by atoms with Crippen molar-refractivity contribution in [3.63, 3.8) is 0 Å². The van der Waals surface area contributed by atoms with Crippen molar-refractivity contribution in [2.45, 2.75) is 0 Å². The van der Waals surface area contributed by atoms with Gasteiger partial charge in [0.1, 0.15) is 0 Å². The molecule has 0 radical (unpaired) electrons. The Morgan fingerprint density at radius 3 is 2.52 bits per heavy atom. The number of allylic oxidation sites excluding steroid dienone is 2. The Morgan fingerprint density at radius 1 is 1.21 bits per heavy atom. The second kappa shape index (κ2) is 8.56. The van der Waals surface area contributed by atoms with Gasteiger partial charge in [0.2, 0.25) is 0 Å². The molecule has 0 aromatic heterocycles. The number of anilines is 1. The number of carboxylic acids is 1. The van der Waals surface area contributed by atoms with Crippen LogP contribution in [-0.2, 0) is 4.79 Å². The first kappa shape index (κ1) is 20.7. The minimum Gasteiger partial charge on any atom is -0.545 e. The molecule has 2 aromatic carbocycles. The quantitative estimate of drug-likeness (QED) is 0.300. The van der Waals surface area contributed by atoms with E-state index < -0.39 is 16.8 Å². The van der Waals surface area contributed by atoms with Crippen LogP contribution in [0, 0.1) is 10.1 Å². The Kier molecular flexibility index (Phi) is 6.12. The number of hydrogen-bond acceptors (Lipinski definition) is 7. The fraction of sp³-hybridized carbons (Fsp3) is 0. The van der Waals surface area contributed by atoms with Crippen molar-refractivity contribution in [1.29, 1.82) is 0 Å². The molecule has 0 unspecified atom stereocenters. The van der Waals surface area contributed by atoms with Gasteiger partial charge in [-0.3, -0.25) is 19.8 Å². The third-order valence-electron chi connectivity index (χ3n) is 3.81. The van der Waals surface area contributed by atoms with E-state index in [1.54, 1.807) is 12.1 Å². The van der Waals surface area contributed by atoms with Crippen molar-refractivity contribution >= 4 is 69.2 Å². The molecule has 0 N–H and O–H groups in total.